The predicted octanol–water partition coefficient (Wildman–Crippen LogP) is 3.26. The molecule has 5 aliphatic heterocycles. The van der Waals surface area contributed by atoms with Crippen LogP contribution in [0.3, 0.4) is 0 Å². The van der Waals surface area contributed by atoms with Crippen molar-refractivity contribution in [2.45, 2.75) is 149 Å². The van der Waals surface area contributed by atoms with Crippen molar-refractivity contribution >= 4 is 34.8 Å². The molecule has 4 aliphatic carbocycles. The molecule has 12 heteroatoms. The summed E-state index contributed by atoms with van der Waals surface area (Å²) in [4.78, 5) is 0. The van der Waals surface area contributed by atoms with Gasteiger partial charge >= 0.3 is 0 Å². The Kier molecular flexibility index (Phi) is 9.75. The fourth-order valence-corrected chi connectivity index (χ4v) is 13.1. The zero-order valence-corrected chi connectivity index (χ0v) is 29.3. The van der Waals surface area contributed by atoms with Crippen molar-refractivity contribution in [1.82, 2.24) is 42.5 Å². The molecule has 8 N–H and O–H groups in total. The first-order chi connectivity index (χ1) is 21.0. The summed E-state index contributed by atoms with van der Waals surface area (Å²) in [5, 5.41) is 32.7. The van der Waals surface area contributed by atoms with E-state index in [0.717, 1.165) is 6.42 Å². The van der Waals surface area contributed by atoms with Crippen molar-refractivity contribution in [3.63, 3.8) is 0 Å². The summed E-state index contributed by atoms with van der Waals surface area (Å²) < 4.78 is 0. The van der Waals surface area contributed by atoms with Gasteiger partial charge in [-0.25, -0.2) is 0 Å². The molecular weight excluding hydrogens is 711 g/mol. The van der Waals surface area contributed by atoms with E-state index in [1.807, 2.05) is 0 Å². The molecule has 8 nitrogen and oxygen atoms in total. The zero-order chi connectivity index (χ0) is 28.8. The van der Waals surface area contributed by atoms with Crippen LogP contribution in [0.2, 0.25) is 0 Å². The van der Waals surface area contributed by atoms with Gasteiger partial charge in [-0.3, -0.25) is 42.5 Å². The molecule has 4 saturated carbocycles. The van der Waals surface area contributed by atoms with Crippen molar-refractivity contribution in [3.05, 3.63) is 0 Å². The van der Waals surface area contributed by atoms with Crippen LogP contribution >= 0.6 is 34.8 Å². The largest absolute Gasteiger partial charge is 0.286 e. The summed E-state index contributed by atoms with van der Waals surface area (Å²) in [6.45, 7) is 0. The van der Waals surface area contributed by atoms with Gasteiger partial charge in [0, 0.05) is 28.3 Å². The van der Waals surface area contributed by atoms with Crippen LogP contribution in [0.1, 0.15) is 83.5 Å². The van der Waals surface area contributed by atoms with E-state index in [9.17, 15) is 0 Å². The number of halogens is 3. The average Bonchev–Trinajstić information content (AvgIpc) is 3.75. The molecule has 0 spiro atoms. The van der Waals surface area contributed by atoms with E-state index in [1.54, 1.807) is 0 Å². The van der Waals surface area contributed by atoms with E-state index in [-0.39, 0.29) is 69.1 Å². The molecule has 0 aromatic carbocycles. The molecule has 19 atom stereocenters. The molecule has 9 aliphatic rings. The van der Waals surface area contributed by atoms with Crippen LogP contribution in [-0.4, -0.2) is 65.5 Å². The van der Waals surface area contributed by atoms with E-state index in [1.165, 1.54) is 77.0 Å². The van der Waals surface area contributed by atoms with Crippen molar-refractivity contribution in [2.75, 3.05) is 0 Å². The molecule has 44 heavy (non-hydrogen) atoms. The molecule has 5 saturated heterocycles. The number of fused-ring (bicyclic) bond motifs is 20. The minimum atomic E-state index is -0.220. The van der Waals surface area contributed by atoms with Gasteiger partial charge in [0.2, 0.25) is 0 Å². The third-order valence-corrected chi connectivity index (χ3v) is 15.7. The molecule has 8 bridgehead atoms. The van der Waals surface area contributed by atoms with E-state index in [2.05, 4.69) is 42.5 Å². The van der Waals surface area contributed by atoms with E-state index >= 15 is 0 Å². The van der Waals surface area contributed by atoms with Crippen LogP contribution in [-0.2, 0) is 22.4 Å². The van der Waals surface area contributed by atoms with Gasteiger partial charge < -0.3 is 0 Å². The van der Waals surface area contributed by atoms with Gasteiger partial charge in [-0.15, -0.1) is 34.8 Å². The Hall–Kier alpha value is 1.29. The second-order valence-electron chi connectivity index (χ2n) is 15.9. The fraction of sp³-hybridized carbons (Fsp3) is 1.00. The van der Waals surface area contributed by atoms with E-state index < -0.39 is 0 Å². The minimum absolute atomic E-state index is 0. The van der Waals surface area contributed by atoms with Crippen LogP contribution in [0, 0.1) is 47.3 Å². The van der Waals surface area contributed by atoms with Gasteiger partial charge in [-0.05, 0) is 86.4 Å². The molecular formula is C32H53AgCl3N8. The monoisotopic (exact) mass is 761 g/mol. The van der Waals surface area contributed by atoms with Crippen molar-refractivity contribution < 1.29 is 22.4 Å². The van der Waals surface area contributed by atoms with E-state index in [4.69, 9.17) is 34.8 Å². The summed E-state index contributed by atoms with van der Waals surface area (Å²) in [5.41, 5.74) is 0. The van der Waals surface area contributed by atoms with Crippen LogP contribution < -0.4 is 42.5 Å². The molecule has 9 rings (SSSR count). The summed E-state index contributed by atoms with van der Waals surface area (Å²) in [6, 6.07) is 0. The zero-order valence-electron chi connectivity index (χ0n) is 25.6. The second kappa shape index (κ2) is 13.2. The molecule has 0 aromatic heterocycles. The summed E-state index contributed by atoms with van der Waals surface area (Å²) in [7, 11) is 0. The number of alkyl halides is 3. The third-order valence-electron chi connectivity index (χ3n) is 13.9. The second-order valence-corrected chi connectivity index (χ2v) is 17.4. The first-order valence-electron chi connectivity index (χ1n) is 18.0. The molecule has 9 fully saturated rings. The van der Waals surface area contributed by atoms with Gasteiger partial charge in [0.05, 0.1) is 65.5 Å². The molecule has 253 valence electrons. The van der Waals surface area contributed by atoms with Crippen molar-refractivity contribution in [1.29, 1.82) is 0 Å². The normalized spacial score (nSPS) is 58.3. The first kappa shape index (κ1) is 32.5. The van der Waals surface area contributed by atoms with E-state index in [0.29, 0.717) is 66.1 Å². The SMILES string of the molecule is ClC1CC2C3NC4NC(NC5NC(NC6NC(NC(N3)C2C(Cl)C1Cl)C1CCCCC61)C1CCCCC51)C1CCCCC41.[Ag]. The Morgan fingerprint density at radius 3 is 0.932 bits per heavy atom. The summed E-state index contributed by atoms with van der Waals surface area (Å²) >= 11 is 21.0. The van der Waals surface area contributed by atoms with Crippen LogP contribution in [0.4, 0.5) is 0 Å². The Morgan fingerprint density at radius 2 is 0.614 bits per heavy atom. The van der Waals surface area contributed by atoms with Crippen molar-refractivity contribution in [3.8, 4) is 0 Å². The maximum atomic E-state index is 7.22. The minimum Gasteiger partial charge on any atom is -0.286 e. The Bertz CT molecular complexity index is 1030. The maximum Gasteiger partial charge on any atom is 0.0667 e. The van der Waals surface area contributed by atoms with Gasteiger partial charge in [0.1, 0.15) is 0 Å². The Balaban J connectivity index is 0.00000289. The number of rotatable bonds is 0. The molecule has 19 unspecified atom stereocenters. The van der Waals surface area contributed by atoms with Gasteiger partial charge in [-0.2, -0.15) is 0 Å². The van der Waals surface area contributed by atoms with Crippen molar-refractivity contribution in [2.24, 2.45) is 47.3 Å². The van der Waals surface area contributed by atoms with Gasteiger partial charge in [0.15, 0.2) is 0 Å². The van der Waals surface area contributed by atoms with Crippen LogP contribution in [0.5, 0.6) is 0 Å². The maximum absolute atomic E-state index is 7.22. The Morgan fingerprint density at radius 1 is 0.341 bits per heavy atom. The summed E-state index contributed by atoms with van der Waals surface area (Å²) in [6.07, 6.45) is 19.0. The Labute approximate surface area is 294 Å². The fourth-order valence-electron chi connectivity index (χ4n) is 11.9. The van der Waals surface area contributed by atoms with Gasteiger partial charge in [-0.1, -0.05) is 38.5 Å². The quantitative estimate of drug-likeness (QED) is 0.141. The number of hydrogen-bond donors (Lipinski definition) is 8. The topological polar surface area (TPSA) is 96.2 Å². The van der Waals surface area contributed by atoms with Crippen LogP contribution in [0.15, 0.2) is 0 Å². The molecule has 0 aromatic rings. The average molecular weight is 764 g/mol. The summed E-state index contributed by atoms with van der Waals surface area (Å²) in [5.74, 6) is 4.51. The standard InChI is InChI=1S/C32H53Cl3N8.Ag/c33-21-13-20-22(24(35)23(21)34)32-42-30-19-12-6-5-11-18(19)28(40-30)38-26-15-8-2-1-7-14(15)25(36-26)37-27-16-9-3-4-10-17(16)29(39-27)41-31(20)43-32;/h14-32,36-43H,1-13H2;. The third kappa shape index (κ3) is 5.53. The number of hydrogen-bond acceptors (Lipinski definition) is 8. The predicted molar refractivity (Wildman–Crippen MR) is 172 cm³/mol. The smallest absolute Gasteiger partial charge is 0.0667 e. The molecule has 1 radical (unpaired) electrons. The van der Waals surface area contributed by atoms with Gasteiger partial charge in [0.25, 0.3) is 0 Å². The first-order valence-corrected chi connectivity index (χ1v) is 19.3. The molecule has 0 amide bonds. The number of nitrogens with one attached hydrogen (secondary N) is 8. The van der Waals surface area contributed by atoms with Crippen LogP contribution in [0.25, 0.3) is 0 Å². The molecule has 5 heterocycles.